The molecule has 0 fully saturated rings. The standard InChI is InChI=1S/C13H13ClN4S/c1-7-3-4-9(6-10(7)14)17-13-16-8(2)5-11(18-13)12(15)19/h3-6H,1-2H3,(H2,15,19)(H,16,17,18). The van der Waals surface area contributed by atoms with Gasteiger partial charge in [0, 0.05) is 16.4 Å². The molecule has 0 aliphatic carbocycles. The summed E-state index contributed by atoms with van der Waals surface area (Å²) in [6.45, 7) is 3.80. The molecule has 2 rings (SSSR count). The maximum atomic E-state index is 6.07. The van der Waals surface area contributed by atoms with E-state index >= 15 is 0 Å². The number of nitrogens with two attached hydrogens (primary N) is 1. The highest BCUT2D eigenvalue weighted by Gasteiger charge is 2.05. The van der Waals surface area contributed by atoms with E-state index in [0.29, 0.717) is 16.7 Å². The van der Waals surface area contributed by atoms with Gasteiger partial charge in [-0.3, -0.25) is 0 Å². The second kappa shape index (κ2) is 5.50. The predicted molar refractivity (Wildman–Crippen MR) is 82.1 cm³/mol. The summed E-state index contributed by atoms with van der Waals surface area (Å²) in [5.74, 6) is 0.447. The van der Waals surface area contributed by atoms with E-state index in [2.05, 4.69) is 15.3 Å². The molecule has 0 radical (unpaired) electrons. The molecule has 0 saturated carbocycles. The van der Waals surface area contributed by atoms with Crippen molar-refractivity contribution in [1.29, 1.82) is 0 Å². The molecule has 19 heavy (non-hydrogen) atoms. The first-order valence-electron chi connectivity index (χ1n) is 5.64. The van der Waals surface area contributed by atoms with Crippen LogP contribution in [-0.2, 0) is 0 Å². The first-order chi connectivity index (χ1) is 8.95. The molecule has 1 aromatic heterocycles. The van der Waals surface area contributed by atoms with E-state index in [4.69, 9.17) is 29.6 Å². The van der Waals surface area contributed by atoms with Crippen LogP contribution >= 0.6 is 23.8 Å². The Morgan fingerprint density at radius 1 is 1.26 bits per heavy atom. The van der Waals surface area contributed by atoms with Crippen molar-refractivity contribution >= 4 is 40.4 Å². The van der Waals surface area contributed by atoms with Crippen LogP contribution in [0.25, 0.3) is 0 Å². The molecule has 0 saturated heterocycles. The van der Waals surface area contributed by atoms with Gasteiger partial charge in [-0.1, -0.05) is 29.9 Å². The van der Waals surface area contributed by atoms with Crippen LogP contribution in [0.3, 0.4) is 0 Å². The van der Waals surface area contributed by atoms with Crippen LogP contribution < -0.4 is 11.1 Å². The van der Waals surface area contributed by atoms with E-state index in [1.54, 1.807) is 6.07 Å². The molecule has 4 nitrogen and oxygen atoms in total. The first-order valence-corrected chi connectivity index (χ1v) is 6.43. The summed E-state index contributed by atoms with van der Waals surface area (Å²) in [6, 6.07) is 7.40. The molecule has 0 atom stereocenters. The van der Waals surface area contributed by atoms with Gasteiger partial charge in [0.25, 0.3) is 0 Å². The number of halogens is 1. The van der Waals surface area contributed by atoms with E-state index in [9.17, 15) is 0 Å². The van der Waals surface area contributed by atoms with Gasteiger partial charge >= 0.3 is 0 Å². The van der Waals surface area contributed by atoms with Gasteiger partial charge in [-0.2, -0.15) is 0 Å². The van der Waals surface area contributed by atoms with Crippen LogP contribution in [-0.4, -0.2) is 15.0 Å². The van der Waals surface area contributed by atoms with Crippen molar-refractivity contribution in [3.8, 4) is 0 Å². The number of hydrogen-bond donors (Lipinski definition) is 2. The van der Waals surface area contributed by atoms with Crippen molar-refractivity contribution in [2.24, 2.45) is 5.73 Å². The molecule has 2 aromatic rings. The van der Waals surface area contributed by atoms with Gasteiger partial charge < -0.3 is 11.1 Å². The number of thiocarbonyl (C=S) groups is 1. The molecule has 1 heterocycles. The first kappa shape index (κ1) is 13.7. The minimum atomic E-state index is 0.246. The van der Waals surface area contributed by atoms with Crippen molar-refractivity contribution in [2.75, 3.05) is 5.32 Å². The SMILES string of the molecule is Cc1cc(C(N)=S)nc(Nc2ccc(C)c(Cl)c2)n1. The highest BCUT2D eigenvalue weighted by atomic mass is 35.5. The second-order valence-electron chi connectivity index (χ2n) is 4.17. The van der Waals surface area contributed by atoms with E-state index in [0.717, 1.165) is 16.9 Å². The number of hydrogen-bond acceptors (Lipinski definition) is 4. The molecule has 0 spiro atoms. The van der Waals surface area contributed by atoms with Crippen molar-refractivity contribution < 1.29 is 0 Å². The van der Waals surface area contributed by atoms with E-state index in [-0.39, 0.29) is 4.99 Å². The minimum absolute atomic E-state index is 0.246. The number of nitrogens with one attached hydrogen (secondary N) is 1. The Balaban J connectivity index is 2.32. The smallest absolute Gasteiger partial charge is 0.228 e. The summed E-state index contributed by atoms with van der Waals surface area (Å²) < 4.78 is 0. The van der Waals surface area contributed by atoms with Crippen molar-refractivity contribution in [2.45, 2.75) is 13.8 Å². The molecule has 0 unspecified atom stereocenters. The monoisotopic (exact) mass is 292 g/mol. The largest absolute Gasteiger partial charge is 0.388 e. The van der Waals surface area contributed by atoms with Gasteiger partial charge in [0.15, 0.2) is 0 Å². The highest BCUT2D eigenvalue weighted by molar-refractivity contribution is 7.80. The predicted octanol–water partition coefficient (Wildman–Crippen LogP) is 3.12. The lowest BCUT2D eigenvalue weighted by Gasteiger charge is -2.08. The average molecular weight is 293 g/mol. The zero-order valence-electron chi connectivity index (χ0n) is 10.6. The van der Waals surface area contributed by atoms with Crippen LogP contribution in [0.5, 0.6) is 0 Å². The molecule has 6 heteroatoms. The number of aromatic nitrogens is 2. The third-order valence-electron chi connectivity index (χ3n) is 2.53. The van der Waals surface area contributed by atoms with Gasteiger partial charge in [0.1, 0.15) is 10.7 Å². The molecular formula is C13H13ClN4S. The van der Waals surface area contributed by atoms with Crippen molar-refractivity contribution in [3.05, 3.63) is 46.2 Å². The van der Waals surface area contributed by atoms with Gasteiger partial charge in [-0.25, -0.2) is 9.97 Å². The van der Waals surface area contributed by atoms with Crippen LogP contribution in [0.1, 0.15) is 17.0 Å². The number of benzene rings is 1. The molecule has 0 bridgehead atoms. The molecule has 0 aliphatic rings. The summed E-state index contributed by atoms with van der Waals surface area (Å²) in [6.07, 6.45) is 0. The lowest BCUT2D eigenvalue weighted by Crippen LogP contribution is -2.13. The number of nitrogens with zero attached hydrogens (tertiary/aromatic N) is 2. The number of anilines is 2. The fourth-order valence-corrected chi connectivity index (χ4v) is 1.84. The van der Waals surface area contributed by atoms with Gasteiger partial charge in [0.05, 0.1) is 0 Å². The Bertz CT molecular complexity index is 643. The minimum Gasteiger partial charge on any atom is -0.388 e. The fraction of sp³-hybridized carbons (Fsp3) is 0.154. The normalized spacial score (nSPS) is 10.3. The van der Waals surface area contributed by atoms with E-state index in [1.165, 1.54) is 0 Å². The zero-order valence-corrected chi connectivity index (χ0v) is 12.1. The van der Waals surface area contributed by atoms with Gasteiger partial charge in [-0.15, -0.1) is 0 Å². The third kappa shape index (κ3) is 3.39. The lowest BCUT2D eigenvalue weighted by atomic mass is 10.2. The average Bonchev–Trinajstić information content (AvgIpc) is 2.33. The Kier molecular flexibility index (Phi) is 3.97. The Morgan fingerprint density at radius 2 is 2.00 bits per heavy atom. The molecule has 3 N–H and O–H groups in total. The topological polar surface area (TPSA) is 63.8 Å². The van der Waals surface area contributed by atoms with Crippen LogP contribution in [0, 0.1) is 13.8 Å². The maximum Gasteiger partial charge on any atom is 0.228 e. The summed E-state index contributed by atoms with van der Waals surface area (Å²) in [7, 11) is 0. The third-order valence-corrected chi connectivity index (χ3v) is 3.15. The Morgan fingerprint density at radius 3 is 2.63 bits per heavy atom. The summed E-state index contributed by atoms with van der Waals surface area (Å²) in [5.41, 5.74) is 8.75. The van der Waals surface area contributed by atoms with Crippen LogP contribution in [0.2, 0.25) is 5.02 Å². The summed E-state index contributed by atoms with van der Waals surface area (Å²) in [4.78, 5) is 8.78. The summed E-state index contributed by atoms with van der Waals surface area (Å²) in [5, 5.41) is 3.77. The van der Waals surface area contributed by atoms with Crippen LogP contribution in [0.15, 0.2) is 24.3 Å². The van der Waals surface area contributed by atoms with Gasteiger partial charge in [-0.05, 0) is 37.6 Å². The molecular weight excluding hydrogens is 280 g/mol. The van der Waals surface area contributed by atoms with Gasteiger partial charge in [0.2, 0.25) is 5.95 Å². The van der Waals surface area contributed by atoms with E-state index < -0.39 is 0 Å². The number of aryl methyl sites for hydroxylation is 2. The molecule has 0 aliphatic heterocycles. The lowest BCUT2D eigenvalue weighted by molar-refractivity contribution is 1.09. The van der Waals surface area contributed by atoms with Crippen LogP contribution in [0.4, 0.5) is 11.6 Å². The molecule has 1 aromatic carbocycles. The van der Waals surface area contributed by atoms with Crippen molar-refractivity contribution in [3.63, 3.8) is 0 Å². The Labute approximate surface area is 122 Å². The summed E-state index contributed by atoms with van der Waals surface area (Å²) >= 11 is 11.0. The second-order valence-corrected chi connectivity index (χ2v) is 5.02. The fourth-order valence-electron chi connectivity index (χ4n) is 1.55. The molecule has 0 amide bonds. The van der Waals surface area contributed by atoms with E-state index in [1.807, 2.05) is 32.0 Å². The maximum absolute atomic E-state index is 6.07. The quantitative estimate of drug-likeness (QED) is 0.851. The van der Waals surface area contributed by atoms with Crippen molar-refractivity contribution in [1.82, 2.24) is 9.97 Å². The molecule has 98 valence electrons. The Hall–Kier alpha value is -1.72. The highest BCUT2D eigenvalue weighted by Crippen LogP contribution is 2.22. The number of rotatable bonds is 3. The zero-order chi connectivity index (χ0) is 14.0.